The molecule has 0 fully saturated rings. The average Bonchev–Trinajstić information content (AvgIpc) is 2.55. The first-order chi connectivity index (χ1) is 6.70. The van der Waals surface area contributed by atoms with E-state index in [2.05, 4.69) is 5.32 Å². The van der Waals surface area contributed by atoms with Crippen LogP contribution in [-0.4, -0.2) is 13.0 Å². The van der Waals surface area contributed by atoms with Crippen LogP contribution in [0.1, 0.15) is 5.56 Å². The summed E-state index contributed by atoms with van der Waals surface area (Å²) in [4.78, 5) is 12.5. The molecule has 14 heavy (non-hydrogen) atoms. The standard InChI is InChI=1S/C10H9N3O/c1-13(6-11)8-2-3-9-7(4-8)5-10(14)12-9/h2-4H,5H2,1H3,(H,12,14). The lowest BCUT2D eigenvalue weighted by molar-refractivity contribution is -0.115. The maximum absolute atomic E-state index is 11.1. The van der Waals surface area contributed by atoms with Crippen molar-refractivity contribution >= 4 is 17.3 Å². The van der Waals surface area contributed by atoms with Gasteiger partial charge < -0.3 is 5.32 Å². The van der Waals surface area contributed by atoms with Gasteiger partial charge in [-0.2, -0.15) is 5.26 Å². The Morgan fingerprint density at radius 1 is 1.57 bits per heavy atom. The van der Waals surface area contributed by atoms with Crippen LogP contribution in [0.4, 0.5) is 11.4 Å². The van der Waals surface area contributed by atoms with Crippen molar-refractivity contribution < 1.29 is 4.79 Å². The van der Waals surface area contributed by atoms with Crippen molar-refractivity contribution in [2.45, 2.75) is 6.42 Å². The fourth-order valence-electron chi connectivity index (χ4n) is 1.48. The summed E-state index contributed by atoms with van der Waals surface area (Å²) in [5.74, 6) is 0.0109. The fraction of sp³-hybridized carbons (Fsp3) is 0.200. The van der Waals surface area contributed by atoms with Crippen LogP contribution in [0.3, 0.4) is 0 Å². The van der Waals surface area contributed by atoms with E-state index in [0.29, 0.717) is 6.42 Å². The molecule has 2 rings (SSSR count). The molecular weight excluding hydrogens is 178 g/mol. The Hall–Kier alpha value is -2.02. The number of fused-ring (bicyclic) bond motifs is 1. The lowest BCUT2D eigenvalue weighted by atomic mass is 10.1. The van der Waals surface area contributed by atoms with Gasteiger partial charge in [0.25, 0.3) is 0 Å². The summed E-state index contributed by atoms with van der Waals surface area (Å²) in [6.45, 7) is 0. The van der Waals surface area contributed by atoms with E-state index in [1.807, 2.05) is 24.4 Å². The number of amides is 1. The number of carbonyl (C=O) groups is 1. The number of rotatable bonds is 1. The molecule has 1 amide bonds. The highest BCUT2D eigenvalue weighted by atomic mass is 16.1. The Labute approximate surface area is 81.7 Å². The normalized spacial score (nSPS) is 13.0. The molecule has 70 valence electrons. The molecule has 0 aliphatic carbocycles. The summed E-state index contributed by atoms with van der Waals surface area (Å²) in [5, 5.41) is 11.4. The van der Waals surface area contributed by atoms with Gasteiger partial charge in [0.05, 0.1) is 12.1 Å². The predicted octanol–water partition coefficient (Wildman–Crippen LogP) is 1.10. The van der Waals surface area contributed by atoms with E-state index in [0.717, 1.165) is 16.9 Å². The van der Waals surface area contributed by atoms with Crippen molar-refractivity contribution in [2.24, 2.45) is 0 Å². The second-order valence-corrected chi connectivity index (χ2v) is 3.23. The van der Waals surface area contributed by atoms with Crippen molar-refractivity contribution in [2.75, 3.05) is 17.3 Å². The topological polar surface area (TPSA) is 56.1 Å². The van der Waals surface area contributed by atoms with Crippen LogP contribution in [0.15, 0.2) is 18.2 Å². The van der Waals surface area contributed by atoms with Crippen LogP contribution in [0.25, 0.3) is 0 Å². The van der Waals surface area contributed by atoms with E-state index in [-0.39, 0.29) is 5.91 Å². The lowest BCUT2D eigenvalue weighted by Gasteiger charge is -2.09. The third-order valence-electron chi connectivity index (χ3n) is 2.25. The van der Waals surface area contributed by atoms with Gasteiger partial charge in [-0.15, -0.1) is 0 Å². The molecule has 0 saturated carbocycles. The Kier molecular flexibility index (Phi) is 1.86. The molecule has 1 aliphatic rings. The van der Waals surface area contributed by atoms with E-state index in [1.165, 1.54) is 4.90 Å². The number of nitriles is 1. The number of nitrogens with one attached hydrogen (secondary N) is 1. The maximum Gasteiger partial charge on any atom is 0.228 e. The summed E-state index contributed by atoms with van der Waals surface area (Å²) >= 11 is 0. The number of hydrogen-bond donors (Lipinski definition) is 1. The minimum atomic E-state index is 0.0109. The number of carbonyl (C=O) groups excluding carboxylic acids is 1. The van der Waals surface area contributed by atoms with Gasteiger partial charge in [0.2, 0.25) is 5.91 Å². The van der Waals surface area contributed by atoms with Crippen molar-refractivity contribution in [3.05, 3.63) is 23.8 Å². The van der Waals surface area contributed by atoms with Crippen molar-refractivity contribution in [1.82, 2.24) is 0 Å². The summed E-state index contributed by atoms with van der Waals surface area (Å²) in [5.41, 5.74) is 2.61. The Balaban J connectivity index is 2.38. The zero-order chi connectivity index (χ0) is 10.1. The molecule has 0 bridgehead atoms. The molecule has 0 radical (unpaired) electrons. The van der Waals surface area contributed by atoms with E-state index >= 15 is 0 Å². The van der Waals surface area contributed by atoms with Gasteiger partial charge in [0.1, 0.15) is 0 Å². The molecule has 0 atom stereocenters. The highest BCUT2D eigenvalue weighted by Gasteiger charge is 2.17. The molecule has 4 nitrogen and oxygen atoms in total. The minimum absolute atomic E-state index is 0.0109. The fourth-order valence-corrected chi connectivity index (χ4v) is 1.48. The largest absolute Gasteiger partial charge is 0.326 e. The van der Waals surface area contributed by atoms with Crippen molar-refractivity contribution in [3.8, 4) is 6.19 Å². The van der Waals surface area contributed by atoms with Gasteiger partial charge in [0, 0.05) is 12.7 Å². The number of hydrogen-bond acceptors (Lipinski definition) is 3. The summed E-state index contributed by atoms with van der Waals surface area (Å²) in [6, 6.07) is 5.49. The highest BCUT2D eigenvalue weighted by Crippen LogP contribution is 2.27. The molecule has 1 aromatic rings. The van der Waals surface area contributed by atoms with E-state index in [9.17, 15) is 4.79 Å². The lowest BCUT2D eigenvalue weighted by Crippen LogP contribution is -2.07. The van der Waals surface area contributed by atoms with E-state index in [1.54, 1.807) is 7.05 Å². The van der Waals surface area contributed by atoms with Crippen LogP contribution in [0.2, 0.25) is 0 Å². The molecule has 0 unspecified atom stereocenters. The first-order valence-electron chi connectivity index (χ1n) is 4.27. The molecule has 1 heterocycles. The molecule has 0 aromatic heterocycles. The monoisotopic (exact) mass is 187 g/mol. The zero-order valence-electron chi connectivity index (χ0n) is 7.74. The smallest absolute Gasteiger partial charge is 0.228 e. The zero-order valence-corrected chi connectivity index (χ0v) is 7.74. The Morgan fingerprint density at radius 3 is 3.07 bits per heavy atom. The van der Waals surface area contributed by atoms with Crippen LogP contribution < -0.4 is 10.2 Å². The van der Waals surface area contributed by atoms with Gasteiger partial charge >= 0.3 is 0 Å². The maximum atomic E-state index is 11.1. The van der Waals surface area contributed by atoms with Gasteiger partial charge in [0.15, 0.2) is 6.19 Å². The summed E-state index contributed by atoms with van der Waals surface area (Å²) < 4.78 is 0. The second kappa shape index (κ2) is 3.04. The Morgan fingerprint density at radius 2 is 2.36 bits per heavy atom. The third-order valence-corrected chi connectivity index (χ3v) is 2.25. The van der Waals surface area contributed by atoms with Gasteiger partial charge in [-0.1, -0.05) is 0 Å². The molecule has 4 heteroatoms. The van der Waals surface area contributed by atoms with Crippen LogP contribution >= 0.6 is 0 Å². The SMILES string of the molecule is CN(C#N)c1ccc2c(c1)CC(=O)N2. The average molecular weight is 187 g/mol. The molecule has 0 saturated heterocycles. The van der Waals surface area contributed by atoms with Crippen LogP contribution in [0, 0.1) is 11.5 Å². The molecule has 1 aliphatic heterocycles. The van der Waals surface area contributed by atoms with Crippen molar-refractivity contribution in [1.29, 1.82) is 5.26 Å². The van der Waals surface area contributed by atoms with Gasteiger partial charge in [-0.3, -0.25) is 9.69 Å². The van der Waals surface area contributed by atoms with Crippen LogP contribution in [-0.2, 0) is 11.2 Å². The predicted molar refractivity (Wildman–Crippen MR) is 52.8 cm³/mol. The minimum Gasteiger partial charge on any atom is -0.326 e. The second-order valence-electron chi connectivity index (χ2n) is 3.23. The third kappa shape index (κ3) is 1.29. The summed E-state index contributed by atoms with van der Waals surface area (Å²) in [7, 11) is 1.69. The van der Waals surface area contributed by atoms with E-state index < -0.39 is 0 Å². The van der Waals surface area contributed by atoms with Gasteiger partial charge in [-0.05, 0) is 23.8 Å². The molecular formula is C10H9N3O. The molecule has 0 spiro atoms. The van der Waals surface area contributed by atoms with Crippen molar-refractivity contribution in [3.63, 3.8) is 0 Å². The van der Waals surface area contributed by atoms with Crippen LogP contribution in [0.5, 0.6) is 0 Å². The molecule has 1 aromatic carbocycles. The number of benzene rings is 1. The summed E-state index contributed by atoms with van der Waals surface area (Å²) in [6.07, 6.45) is 2.42. The quantitative estimate of drug-likeness (QED) is 0.529. The van der Waals surface area contributed by atoms with Gasteiger partial charge in [-0.25, -0.2) is 0 Å². The number of nitrogens with zero attached hydrogens (tertiary/aromatic N) is 2. The Bertz CT molecular complexity index is 433. The first-order valence-corrected chi connectivity index (χ1v) is 4.27. The highest BCUT2D eigenvalue weighted by molar-refractivity contribution is 5.99. The molecule has 1 N–H and O–H groups in total. The van der Waals surface area contributed by atoms with E-state index in [4.69, 9.17) is 5.26 Å². The first kappa shape index (κ1) is 8.57. The number of anilines is 2.